The zero-order valence-corrected chi connectivity index (χ0v) is 8.12. The van der Waals surface area contributed by atoms with Crippen molar-refractivity contribution in [3.05, 3.63) is 35.8 Å². The summed E-state index contributed by atoms with van der Waals surface area (Å²) in [5.74, 6) is 0. The van der Waals surface area contributed by atoms with Gasteiger partial charge in [-0.2, -0.15) is 13.2 Å². The Hall–Kier alpha value is -1.69. The number of aromatic nitrogens is 2. The standard InChI is InChI=1S/C10H8F3N3/c11-10(12,13)9-2-1-6-7(16-9)3-4-15-8(6)5-14/h1-4H,5,14H2. The maximum Gasteiger partial charge on any atom is 0.433 e. The molecule has 0 aliphatic carbocycles. The van der Waals surface area contributed by atoms with Crippen LogP contribution >= 0.6 is 0 Å². The van der Waals surface area contributed by atoms with E-state index in [9.17, 15) is 13.2 Å². The van der Waals surface area contributed by atoms with Crippen LogP contribution in [0.15, 0.2) is 24.4 Å². The molecule has 84 valence electrons. The summed E-state index contributed by atoms with van der Waals surface area (Å²) in [6.45, 7) is 0.171. The van der Waals surface area contributed by atoms with Crippen LogP contribution in [0.1, 0.15) is 11.4 Å². The van der Waals surface area contributed by atoms with E-state index >= 15 is 0 Å². The van der Waals surface area contributed by atoms with Gasteiger partial charge in [-0.1, -0.05) is 0 Å². The molecule has 2 N–H and O–H groups in total. The number of nitrogens with two attached hydrogens (primary N) is 1. The fourth-order valence-corrected chi connectivity index (χ4v) is 1.43. The second-order valence-electron chi connectivity index (χ2n) is 3.22. The minimum absolute atomic E-state index is 0.171. The molecule has 0 unspecified atom stereocenters. The van der Waals surface area contributed by atoms with E-state index in [2.05, 4.69) is 9.97 Å². The number of hydrogen-bond donors (Lipinski definition) is 1. The number of pyridine rings is 2. The van der Waals surface area contributed by atoms with Gasteiger partial charge in [0.05, 0.1) is 11.2 Å². The van der Waals surface area contributed by atoms with Gasteiger partial charge in [0.25, 0.3) is 0 Å². The lowest BCUT2D eigenvalue weighted by Crippen LogP contribution is -2.08. The van der Waals surface area contributed by atoms with Gasteiger partial charge in [-0.25, -0.2) is 4.98 Å². The second-order valence-corrected chi connectivity index (χ2v) is 3.22. The first-order valence-corrected chi connectivity index (χ1v) is 4.54. The summed E-state index contributed by atoms with van der Waals surface area (Å²) in [5.41, 5.74) is 5.31. The minimum Gasteiger partial charge on any atom is -0.325 e. The molecule has 2 aromatic rings. The van der Waals surface area contributed by atoms with Crippen molar-refractivity contribution in [2.75, 3.05) is 0 Å². The highest BCUT2D eigenvalue weighted by Gasteiger charge is 2.32. The molecule has 0 radical (unpaired) electrons. The van der Waals surface area contributed by atoms with Crippen molar-refractivity contribution >= 4 is 10.9 Å². The minimum atomic E-state index is -4.43. The van der Waals surface area contributed by atoms with Gasteiger partial charge in [-0.05, 0) is 18.2 Å². The van der Waals surface area contributed by atoms with Crippen LogP contribution in [0.2, 0.25) is 0 Å². The summed E-state index contributed by atoms with van der Waals surface area (Å²) in [6, 6.07) is 3.72. The van der Waals surface area contributed by atoms with Crippen LogP contribution in [0.25, 0.3) is 10.9 Å². The Labute approximate surface area is 89.1 Å². The Morgan fingerprint density at radius 2 is 1.94 bits per heavy atom. The summed E-state index contributed by atoms with van der Waals surface area (Å²) in [4.78, 5) is 7.51. The van der Waals surface area contributed by atoms with Crippen molar-refractivity contribution in [3.63, 3.8) is 0 Å². The first-order chi connectivity index (χ1) is 7.52. The molecule has 2 rings (SSSR count). The first-order valence-electron chi connectivity index (χ1n) is 4.54. The molecule has 0 saturated heterocycles. The monoisotopic (exact) mass is 227 g/mol. The predicted molar refractivity (Wildman–Crippen MR) is 52.4 cm³/mol. The highest BCUT2D eigenvalue weighted by atomic mass is 19.4. The number of fused-ring (bicyclic) bond motifs is 1. The van der Waals surface area contributed by atoms with Crippen LogP contribution in [0.4, 0.5) is 13.2 Å². The molecule has 16 heavy (non-hydrogen) atoms. The van der Waals surface area contributed by atoms with Gasteiger partial charge in [0.1, 0.15) is 5.69 Å². The Kier molecular flexibility index (Phi) is 2.51. The zero-order chi connectivity index (χ0) is 11.8. The molecule has 0 amide bonds. The van der Waals surface area contributed by atoms with Crippen LogP contribution in [-0.4, -0.2) is 9.97 Å². The topological polar surface area (TPSA) is 51.8 Å². The summed E-state index contributed by atoms with van der Waals surface area (Å²) in [5, 5.41) is 0.554. The molecule has 0 bridgehead atoms. The highest BCUT2D eigenvalue weighted by molar-refractivity contribution is 5.80. The number of alkyl halides is 3. The molecular weight excluding hydrogens is 219 g/mol. The van der Waals surface area contributed by atoms with E-state index in [1.165, 1.54) is 18.3 Å². The molecule has 0 aliphatic rings. The molecule has 3 nitrogen and oxygen atoms in total. The molecule has 0 saturated carbocycles. The van der Waals surface area contributed by atoms with E-state index in [1.807, 2.05) is 0 Å². The van der Waals surface area contributed by atoms with Crippen molar-refractivity contribution < 1.29 is 13.2 Å². The molecule has 0 aromatic carbocycles. The largest absolute Gasteiger partial charge is 0.433 e. The SMILES string of the molecule is NCc1nccc2nc(C(F)(F)F)ccc12. The van der Waals surface area contributed by atoms with Gasteiger partial charge in [0.15, 0.2) is 0 Å². The summed E-state index contributed by atoms with van der Waals surface area (Å²) < 4.78 is 37.2. The fourth-order valence-electron chi connectivity index (χ4n) is 1.43. The third kappa shape index (κ3) is 1.83. The molecule has 2 aromatic heterocycles. The van der Waals surface area contributed by atoms with E-state index in [0.29, 0.717) is 11.1 Å². The predicted octanol–water partition coefficient (Wildman–Crippen LogP) is 2.11. The van der Waals surface area contributed by atoms with Gasteiger partial charge < -0.3 is 5.73 Å². The van der Waals surface area contributed by atoms with E-state index in [0.717, 1.165) is 6.07 Å². The van der Waals surface area contributed by atoms with Crippen molar-refractivity contribution in [2.24, 2.45) is 5.73 Å². The third-order valence-corrected chi connectivity index (χ3v) is 2.18. The number of rotatable bonds is 1. The van der Waals surface area contributed by atoms with E-state index in [-0.39, 0.29) is 12.1 Å². The number of hydrogen-bond acceptors (Lipinski definition) is 3. The molecule has 2 heterocycles. The maximum atomic E-state index is 12.4. The van der Waals surface area contributed by atoms with Crippen LogP contribution in [0, 0.1) is 0 Å². The van der Waals surface area contributed by atoms with Gasteiger partial charge in [0.2, 0.25) is 0 Å². The maximum absolute atomic E-state index is 12.4. The quantitative estimate of drug-likeness (QED) is 0.811. The van der Waals surface area contributed by atoms with Crippen molar-refractivity contribution in [1.29, 1.82) is 0 Å². The Bertz CT molecular complexity index is 522. The Balaban J connectivity index is 2.64. The lowest BCUT2D eigenvalue weighted by molar-refractivity contribution is -0.140. The van der Waals surface area contributed by atoms with Crippen LogP contribution in [-0.2, 0) is 12.7 Å². The molecule has 0 aliphatic heterocycles. The zero-order valence-electron chi connectivity index (χ0n) is 8.12. The van der Waals surface area contributed by atoms with Gasteiger partial charge in [0, 0.05) is 18.1 Å². The van der Waals surface area contributed by atoms with Crippen molar-refractivity contribution in [2.45, 2.75) is 12.7 Å². The van der Waals surface area contributed by atoms with Crippen molar-refractivity contribution in [3.8, 4) is 0 Å². The third-order valence-electron chi connectivity index (χ3n) is 2.18. The van der Waals surface area contributed by atoms with Crippen LogP contribution in [0.5, 0.6) is 0 Å². The number of nitrogens with zero attached hydrogens (tertiary/aromatic N) is 2. The first kappa shape index (κ1) is 10.8. The second kappa shape index (κ2) is 3.71. The molecule has 0 fully saturated rings. The van der Waals surface area contributed by atoms with E-state index in [4.69, 9.17) is 5.73 Å². The van der Waals surface area contributed by atoms with E-state index < -0.39 is 11.9 Å². The Morgan fingerprint density at radius 1 is 1.19 bits per heavy atom. The molecule has 0 atom stereocenters. The summed E-state index contributed by atoms with van der Waals surface area (Å²) in [7, 11) is 0. The van der Waals surface area contributed by atoms with Crippen LogP contribution < -0.4 is 5.73 Å². The van der Waals surface area contributed by atoms with Crippen LogP contribution in [0.3, 0.4) is 0 Å². The summed E-state index contributed by atoms with van der Waals surface area (Å²) >= 11 is 0. The average molecular weight is 227 g/mol. The number of halogens is 3. The Morgan fingerprint density at radius 3 is 2.56 bits per heavy atom. The normalized spacial score (nSPS) is 12.0. The average Bonchev–Trinajstić information content (AvgIpc) is 2.26. The van der Waals surface area contributed by atoms with Gasteiger partial charge in [-0.15, -0.1) is 0 Å². The van der Waals surface area contributed by atoms with Crippen molar-refractivity contribution in [1.82, 2.24) is 9.97 Å². The van der Waals surface area contributed by atoms with Gasteiger partial charge in [-0.3, -0.25) is 4.98 Å². The van der Waals surface area contributed by atoms with Gasteiger partial charge >= 0.3 is 6.18 Å². The summed E-state index contributed by atoms with van der Waals surface area (Å²) in [6.07, 6.45) is -3.03. The molecule has 6 heteroatoms. The lowest BCUT2D eigenvalue weighted by Gasteiger charge is -2.07. The fraction of sp³-hybridized carbons (Fsp3) is 0.200. The van der Waals surface area contributed by atoms with E-state index in [1.54, 1.807) is 0 Å². The molecular formula is C10H8F3N3. The smallest absolute Gasteiger partial charge is 0.325 e. The lowest BCUT2D eigenvalue weighted by atomic mass is 10.2. The highest BCUT2D eigenvalue weighted by Crippen LogP contribution is 2.29. The molecule has 0 spiro atoms.